The van der Waals surface area contributed by atoms with Crippen LogP contribution in [0, 0.1) is 0 Å². The Morgan fingerprint density at radius 1 is 0.386 bits per heavy atom. The highest BCUT2D eigenvalue weighted by Crippen LogP contribution is 2.52. The predicted octanol–water partition coefficient (Wildman–Crippen LogP) is 16.0. The summed E-state index contributed by atoms with van der Waals surface area (Å²) < 4.78 is 3.66. The van der Waals surface area contributed by atoms with E-state index in [-0.39, 0.29) is 0 Å². The minimum atomic E-state index is 1.01. The van der Waals surface area contributed by atoms with Gasteiger partial charge in [0, 0.05) is 37.1 Å². The lowest BCUT2D eigenvalue weighted by Gasteiger charge is -2.28. The highest BCUT2D eigenvalue weighted by molar-refractivity contribution is 7.26. The summed E-state index contributed by atoms with van der Waals surface area (Å²) >= 11 is 3.62. The largest absolute Gasteiger partial charge is 0.308 e. The maximum Gasteiger partial charge on any atom is 0.124 e. The Morgan fingerprint density at radius 2 is 1.00 bits per heavy atom. The molecule has 11 rings (SSSR count). The molecule has 0 aliphatic heterocycles. The van der Waals surface area contributed by atoms with E-state index in [2.05, 4.69) is 211 Å². The molecule has 11 aromatic rings. The van der Waals surface area contributed by atoms with E-state index < -0.39 is 0 Å². The highest BCUT2D eigenvalue weighted by atomic mass is 32.1. The number of thiazole rings is 1. The van der Waals surface area contributed by atoms with Gasteiger partial charge in [-0.3, -0.25) is 0 Å². The fourth-order valence-electron chi connectivity index (χ4n) is 8.23. The van der Waals surface area contributed by atoms with Gasteiger partial charge in [0.2, 0.25) is 0 Å². The van der Waals surface area contributed by atoms with Crippen LogP contribution < -0.4 is 4.90 Å². The maximum absolute atomic E-state index is 5.34. The number of anilines is 3. The number of rotatable bonds is 7. The van der Waals surface area contributed by atoms with Crippen LogP contribution in [0.15, 0.2) is 206 Å². The first-order valence-corrected chi connectivity index (χ1v) is 20.8. The van der Waals surface area contributed by atoms with Crippen molar-refractivity contribution in [3.63, 3.8) is 0 Å². The molecule has 0 amide bonds. The fourth-order valence-corrected chi connectivity index (χ4v) is 10.5. The molecule has 0 saturated heterocycles. The summed E-state index contributed by atoms with van der Waals surface area (Å²) in [6.45, 7) is 0. The summed E-state index contributed by atoms with van der Waals surface area (Å²) in [6, 6.07) is 74.6. The van der Waals surface area contributed by atoms with Gasteiger partial charge in [-0.1, -0.05) is 170 Å². The van der Waals surface area contributed by atoms with E-state index in [9.17, 15) is 0 Å². The molecule has 9 aromatic carbocycles. The van der Waals surface area contributed by atoms with Crippen molar-refractivity contribution in [2.24, 2.45) is 0 Å². The molecule has 0 spiro atoms. The number of hydrogen-bond acceptors (Lipinski definition) is 4. The van der Waals surface area contributed by atoms with Crippen LogP contribution in [0.4, 0.5) is 17.1 Å². The second-order valence-corrected chi connectivity index (χ2v) is 16.4. The molecule has 2 nitrogen and oxygen atoms in total. The van der Waals surface area contributed by atoms with E-state index in [1.54, 1.807) is 11.3 Å². The van der Waals surface area contributed by atoms with Crippen LogP contribution >= 0.6 is 22.7 Å². The quantitative estimate of drug-likeness (QED) is 0.161. The third-order valence-corrected chi connectivity index (χ3v) is 13.1. The first-order chi connectivity index (χ1) is 28.3. The Balaban J connectivity index is 1.24. The number of fused-ring (bicyclic) bond motifs is 5. The SMILES string of the molecule is c1ccc(-c2ccc(N(c3ccc(-c4ccccc4)c(-c4cccc5ccccc45)c3)c3c4sc(-c5ccccc5)nc4cc4sc5ccccc5c34)cc2)cc1. The molecule has 2 heterocycles. The van der Waals surface area contributed by atoms with Crippen LogP contribution in [0.2, 0.25) is 0 Å². The molecule has 0 fully saturated rings. The van der Waals surface area contributed by atoms with Gasteiger partial charge in [0.25, 0.3) is 0 Å². The lowest BCUT2D eigenvalue weighted by Crippen LogP contribution is -2.11. The molecule has 57 heavy (non-hydrogen) atoms. The second kappa shape index (κ2) is 14.0. The molecule has 0 unspecified atom stereocenters. The van der Waals surface area contributed by atoms with Crippen molar-refractivity contribution in [2.75, 3.05) is 4.90 Å². The third-order valence-electron chi connectivity index (χ3n) is 10.9. The van der Waals surface area contributed by atoms with Gasteiger partial charge in [0.15, 0.2) is 0 Å². The van der Waals surface area contributed by atoms with Crippen LogP contribution in [0.3, 0.4) is 0 Å². The molecule has 4 heteroatoms. The van der Waals surface area contributed by atoms with Crippen molar-refractivity contribution in [3.05, 3.63) is 206 Å². The first-order valence-electron chi connectivity index (χ1n) is 19.2. The average Bonchev–Trinajstić information content (AvgIpc) is 3.89. The monoisotopic (exact) mass is 762 g/mol. The van der Waals surface area contributed by atoms with Crippen molar-refractivity contribution in [3.8, 4) is 44.0 Å². The van der Waals surface area contributed by atoms with Gasteiger partial charge < -0.3 is 4.90 Å². The van der Waals surface area contributed by atoms with Gasteiger partial charge in [-0.15, -0.1) is 22.7 Å². The molecule has 0 bridgehead atoms. The summed E-state index contributed by atoms with van der Waals surface area (Å²) in [7, 11) is 0. The van der Waals surface area contributed by atoms with Crippen molar-refractivity contribution >= 4 is 80.9 Å². The zero-order valence-electron chi connectivity index (χ0n) is 30.8. The van der Waals surface area contributed by atoms with Crippen molar-refractivity contribution < 1.29 is 0 Å². The van der Waals surface area contributed by atoms with Gasteiger partial charge in [0.05, 0.1) is 15.9 Å². The van der Waals surface area contributed by atoms with Gasteiger partial charge in [-0.2, -0.15) is 0 Å². The molecule has 0 aliphatic carbocycles. The Bertz CT molecular complexity index is 3220. The zero-order chi connectivity index (χ0) is 37.7. The van der Waals surface area contributed by atoms with Crippen LogP contribution in [-0.4, -0.2) is 4.98 Å². The summed E-state index contributed by atoms with van der Waals surface area (Å²) in [5, 5.41) is 5.98. The van der Waals surface area contributed by atoms with Gasteiger partial charge >= 0.3 is 0 Å². The van der Waals surface area contributed by atoms with Crippen LogP contribution in [0.5, 0.6) is 0 Å². The van der Waals surface area contributed by atoms with E-state index in [0.29, 0.717) is 0 Å². The number of aromatic nitrogens is 1. The van der Waals surface area contributed by atoms with E-state index >= 15 is 0 Å². The molecule has 0 atom stereocenters. The standard InChI is InChI=1S/C53H34N2S2/c1-4-15-35(16-5-1)36-27-29-40(30-28-36)55(41-31-32-43(37-17-6-2-7-18-37)46(33-41)44-25-14-22-38-19-10-11-23-42(38)44)51-50-45-24-12-13-26-48(45)56-49(50)34-47-52(51)57-53(54-47)39-20-8-3-9-21-39/h1-34H. The minimum Gasteiger partial charge on any atom is -0.308 e. The molecular weight excluding hydrogens is 729 g/mol. The molecule has 0 N–H and O–H groups in total. The van der Waals surface area contributed by atoms with E-state index in [4.69, 9.17) is 4.98 Å². The Morgan fingerprint density at radius 3 is 1.77 bits per heavy atom. The fraction of sp³-hybridized carbons (Fsp3) is 0. The van der Waals surface area contributed by atoms with E-state index in [1.165, 1.54) is 64.3 Å². The zero-order valence-corrected chi connectivity index (χ0v) is 32.5. The minimum absolute atomic E-state index is 1.01. The molecule has 0 aliphatic rings. The summed E-state index contributed by atoms with van der Waals surface area (Å²) in [4.78, 5) is 7.83. The van der Waals surface area contributed by atoms with Crippen LogP contribution in [0.1, 0.15) is 0 Å². The maximum atomic E-state index is 5.34. The smallest absolute Gasteiger partial charge is 0.124 e. The normalized spacial score (nSPS) is 11.5. The number of thiophene rings is 1. The topological polar surface area (TPSA) is 16.1 Å². The number of benzene rings is 9. The highest BCUT2D eigenvalue weighted by Gasteiger charge is 2.25. The average molecular weight is 763 g/mol. The second-order valence-electron chi connectivity index (χ2n) is 14.3. The summed E-state index contributed by atoms with van der Waals surface area (Å²) in [6.07, 6.45) is 0. The Kier molecular flexibility index (Phi) is 8.24. The molecule has 0 radical (unpaired) electrons. The Labute approximate surface area is 339 Å². The number of hydrogen-bond donors (Lipinski definition) is 0. The first kappa shape index (κ1) is 33.5. The van der Waals surface area contributed by atoms with E-state index in [0.717, 1.165) is 37.8 Å². The summed E-state index contributed by atoms with van der Waals surface area (Å²) in [5.41, 5.74) is 12.6. The van der Waals surface area contributed by atoms with E-state index in [1.807, 2.05) is 11.3 Å². The van der Waals surface area contributed by atoms with Gasteiger partial charge in [-0.05, 0) is 80.6 Å². The summed E-state index contributed by atoms with van der Waals surface area (Å²) in [5.74, 6) is 0. The lowest BCUT2D eigenvalue weighted by atomic mass is 9.90. The van der Waals surface area contributed by atoms with Crippen LogP contribution in [-0.2, 0) is 0 Å². The number of nitrogens with zero attached hydrogens (tertiary/aromatic N) is 2. The Hall–Kier alpha value is -6.85. The molecule has 268 valence electrons. The van der Waals surface area contributed by atoms with Gasteiger partial charge in [0.1, 0.15) is 5.01 Å². The molecule has 2 aromatic heterocycles. The van der Waals surface area contributed by atoms with Crippen molar-refractivity contribution in [2.45, 2.75) is 0 Å². The van der Waals surface area contributed by atoms with Crippen molar-refractivity contribution in [1.29, 1.82) is 0 Å². The third kappa shape index (κ3) is 5.89. The molecular formula is C53H34N2S2. The van der Waals surface area contributed by atoms with Gasteiger partial charge in [-0.25, -0.2) is 4.98 Å². The van der Waals surface area contributed by atoms with Crippen molar-refractivity contribution in [1.82, 2.24) is 4.98 Å². The predicted molar refractivity (Wildman–Crippen MR) is 246 cm³/mol. The molecule has 0 saturated carbocycles. The lowest BCUT2D eigenvalue weighted by molar-refractivity contribution is 1.31. The van der Waals surface area contributed by atoms with Crippen LogP contribution in [0.25, 0.3) is 85.1 Å².